The Morgan fingerprint density at radius 1 is 1.30 bits per heavy atom. The van der Waals surface area contributed by atoms with Crippen molar-refractivity contribution >= 4 is 21.4 Å². The largest absolute Gasteiger partial charge is 0.310 e. The molecule has 1 aromatic carbocycles. The molecule has 0 saturated carbocycles. The van der Waals surface area contributed by atoms with Crippen molar-refractivity contribution in [3.05, 3.63) is 52.2 Å². The van der Waals surface area contributed by atoms with Crippen LogP contribution in [0.3, 0.4) is 0 Å². The van der Waals surface area contributed by atoms with Gasteiger partial charge in [-0.3, -0.25) is 0 Å². The molecule has 4 nitrogen and oxygen atoms in total. The van der Waals surface area contributed by atoms with Gasteiger partial charge in [0.15, 0.2) is 0 Å². The van der Waals surface area contributed by atoms with Gasteiger partial charge in [0.25, 0.3) is 0 Å². The molecule has 1 aromatic heterocycles. The highest BCUT2D eigenvalue weighted by molar-refractivity contribution is 7.89. The Bertz CT molecular complexity index is 652. The average molecular weight is 310 g/mol. The van der Waals surface area contributed by atoms with Gasteiger partial charge < -0.3 is 5.32 Å². The monoisotopic (exact) mass is 310 g/mol. The lowest BCUT2D eigenvalue weighted by Gasteiger charge is -2.14. The summed E-state index contributed by atoms with van der Waals surface area (Å²) in [5.41, 5.74) is 0.919. The summed E-state index contributed by atoms with van der Waals surface area (Å²) in [4.78, 5) is 1.49. The predicted molar refractivity (Wildman–Crippen MR) is 82.3 cm³/mol. The van der Waals surface area contributed by atoms with Crippen molar-refractivity contribution in [1.82, 2.24) is 5.32 Å². The second-order valence-corrected chi connectivity index (χ2v) is 7.22. The van der Waals surface area contributed by atoms with Gasteiger partial charge in [0.1, 0.15) is 0 Å². The van der Waals surface area contributed by atoms with E-state index in [1.54, 1.807) is 23.5 Å². The van der Waals surface area contributed by atoms with Crippen LogP contribution in [0.15, 0.2) is 46.7 Å². The Balaban J connectivity index is 1.97. The van der Waals surface area contributed by atoms with E-state index in [9.17, 15) is 8.42 Å². The first-order chi connectivity index (χ1) is 9.47. The molecule has 1 heterocycles. The Morgan fingerprint density at radius 2 is 2.10 bits per heavy atom. The number of nitrogens with two attached hydrogens (primary N) is 1. The number of benzene rings is 1. The molecule has 0 radical (unpaired) electrons. The SMILES string of the molecule is CC(NCCc1cccs1)c1cccc(S(N)(=O)=O)c1. The van der Waals surface area contributed by atoms with Crippen molar-refractivity contribution in [2.75, 3.05) is 6.54 Å². The van der Waals surface area contributed by atoms with E-state index >= 15 is 0 Å². The third-order valence-corrected chi connectivity index (χ3v) is 4.94. The van der Waals surface area contributed by atoms with E-state index in [2.05, 4.69) is 16.8 Å². The molecule has 0 aliphatic heterocycles. The van der Waals surface area contributed by atoms with Crippen LogP contribution in [-0.4, -0.2) is 15.0 Å². The van der Waals surface area contributed by atoms with E-state index in [4.69, 9.17) is 5.14 Å². The van der Waals surface area contributed by atoms with Gasteiger partial charge in [0.05, 0.1) is 4.90 Å². The molecular formula is C14H18N2O2S2. The van der Waals surface area contributed by atoms with Gasteiger partial charge in [-0.15, -0.1) is 11.3 Å². The summed E-state index contributed by atoms with van der Waals surface area (Å²) in [5.74, 6) is 0. The van der Waals surface area contributed by atoms with Gasteiger partial charge in [0.2, 0.25) is 10.0 Å². The van der Waals surface area contributed by atoms with E-state index < -0.39 is 10.0 Å². The number of sulfonamides is 1. The lowest BCUT2D eigenvalue weighted by atomic mass is 10.1. The van der Waals surface area contributed by atoms with Crippen molar-refractivity contribution in [1.29, 1.82) is 0 Å². The van der Waals surface area contributed by atoms with Crippen molar-refractivity contribution in [3.8, 4) is 0 Å². The second kappa shape index (κ2) is 6.49. The van der Waals surface area contributed by atoms with E-state index in [0.717, 1.165) is 18.5 Å². The molecule has 0 amide bonds. The number of primary sulfonamides is 1. The number of hydrogen-bond acceptors (Lipinski definition) is 4. The van der Waals surface area contributed by atoms with E-state index in [1.165, 1.54) is 10.9 Å². The Morgan fingerprint density at radius 3 is 2.75 bits per heavy atom. The molecule has 108 valence electrons. The minimum absolute atomic E-state index is 0.0802. The molecule has 3 N–H and O–H groups in total. The Kier molecular flexibility index (Phi) is 4.93. The topological polar surface area (TPSA) is 72.2 Å². The second-order valence-electron chi connectivity index (χ2n) is 4.62. The highest BCUT2D eigenvalue weighted by atomic mass is 32.2. The third-order valence-electron chi connectivity index (χ3n) is 3.09. The van der Waals surface area contributed by atoms with Crippen LogP contribution in [-0.2, 0) is 16.4 Å². The van der Waals surface area contributed by atoms with Gasteiger partial charge in [-0.2, -0.15) is 0 Å². The molecule has 1 unspecified atom stereocenters. The summed E-state index contributed by atoms with van der Waals surface area (Å²) in [6, 6.07) is 11.0. The molecule has 0 spiro atoms. The number of thiophene rings is 1. The lowest BCUT2D eigenvalue weighted by molar-refractivity contribution is 0.576. The van der Waals surface area contributed by atoms with Crippen LogP contribution in [0.5, 0.6) is 0 Å². The zero-order valence-corrected chi connectivity index (χ0v) is 12.9. The van der Waals surface area contributed by atoms with Gasteiger partial charge in [0, 0.05) is 17.5 Å². The first-order valence-electron chi connectivity index (χ1n) is 6.35. The molecule has 0 bridgehead atoms. The molecule has 2 aromatic rings. The maximum Gasteiger partial charge on any atom is 0.238 e. The van der Waals surface area contributed by atoms with Crippen LogP contribution in [0, 0.1) is 0 Å². The molecule has 0 saturated heterocycles. The zero-order chi connectivity index (χ0) is 14.6. The standard InChI is InChI=1S/C14H18N2O2S2/c1-11(16-8-7-13-5-3-9-19-13)12-4-2-6-14(10-12)20(15,17)18/h2-6,9-11,16H,7-8H2,1H3,(H2,15,17,18). The number of rotatable bonds is 6. The quantitative estimate of drug-likeness (QED) is 0.860. The Labute approximate surface area is 123 Å². The minimum Gasteiger partial charge on any atom is -0.310 e. The van der Waals surface area contributed by atoms with Crippen molar-refractivity contribution in [2.45, 2.75) is 24.3 Å². The summed E-state index contributed by atoms with van der Waals surface area (Å²) >= 11 is 1.74. The fraction of sp³-hybridized carbons (Fsp3) is 0.286. The Hall–Kier alpha value is -1.21. The molecule has 2 rings (SSSR count). The summed E-state index contributed by atoms with van der Waals surface area (Å²) in [5, 5.41) is 10.6. The third kappa shape index (κ3) is 4.14. The normalized spacial score (nSPS) is 13.3. The minimum atomic E-state index is -3.64. The van der Waals surface area contributed by atoms with Crippen LogP contribution in [0.1, 0.15) is 23.4 Å². The summed E-state index contributed by atoms with van der Waals surface area (Å²) in [6.45, 7) is 2.86. The maximum absolute atomic E-state index is 11.3. The van der Waals surface area contributed by atoms with Crippen LogP contribution in [0.2, 0.25) is 0 Å². The van der Waals surface area contributed by atoms with Crippen molar-refractivity contribution in [2.24, 2.45) is 5.14 Å². The van der Waals surface area contributed by atoms with Gasteiger partial charge in [-0.1, -0.05) is 18.2 Å². The highest BCUT2D eigenvalue weighted by Crippen LogP contribution is 2.17. The molecule has 0 fully saturated rings. The first-order valence-corrected chi connectivity index (χ1v) is 8.78. The van der Waals surface area contributed by atoms with Gasteiger partial charge in [-0.05, 0) is 42.5 Å². The average Bonchev–Trinajstić information content (AvgIpc) is 2.91. The van der Waals surface area contributed by atoms with Crippen LogP contribution < -0.4 is 10.5 Å². The summed E-state index contributed by atoms with van der Waals surface area (Å²) in [7, 11) is -3.64. The fourth-order valence-electron chi connectivity index (χ4n) is 1.95. The first kappa shape index (κ1) is 15.2. The molecule has 0 aliphatic rings. The van der Waals surface area contributed by atoms with E-state index in [0.29, 0.717) is 0 Å². The van der Waals surface area contributed by atoms with Crippen LogP contribution >= 0.6 is 11.3 Å². The van der Waals surface area contributed by atoms with Crippen LogP contribution in [0.25, 0.3) is 0 Å². The number of hydrogen-bond donors (Lipinski definition) is 2. The predicted octanol–water partition coefficient (Wildman–Crippen LogP) is 2.29. The van der Waals surface area contributed by atoms with Crippen molar-refractivity contribution < 1.29 is 8.42 Å². The summed E-state index contributed by atoms with van der Waals surface area (Å²) < 4.78 is 22.7. The molecule has 6 heteroatoms. The maximum atomic E-state index is 11.3. The fourth-order valence-corrected chi connectivity index (χ4v) is 3.22. The zero-order valence-electron chi connectivity index (χ0n) is 11.2. The van der Waals surface area contributed by atoms with Gasteiger partial charge in [-0.25, -0.2) is 13.6 Å². The van der Waals surface area contributed by atoms with Gasteiger partial charge >= 0.3 is 0 Å². The molecular weight excluding hydrogens is 292 g/mol. The van der Waals surface area contributed by atoms with E-state index in [1.807, 2.05) is 19.1 Å². The summed E-state index contributed by atoms with van der Waals surface area (Å²) in [6.07, 6.45) is 0.969. The molecule has 0 aliphatic carbocycles. The van der Waals surface area contributed by atoms with Crippen LogP contribution in [0.4, 0.5) is 0 Å². The molecule has 20 heavy (non-hydrogen) atoms. The van der Waals surface area contributed by atoms with Crippen molar-refractivity contribution in [3.63, 3.8) is 0 Å². The molecule has 1 atom stereocenters. The smallest absolute Gasteiger partial charge is 0.238 e. The lowest BCUT2D eigenvalue weighted by Crippen LogP contribution is -2.21. The number of nitrogens with one attached hydrogen (secondary N) is 1. The van der Waals surface area contributed by atoms with E-state index in [-0.39, 0.29) is 10.9 Å². The highest BCUT2D eigenvalue weighted by Gasteiger charge is 2.11.